The Labute approximate surface area is 190 Å². The second kappa shape index (κ2) is 8.50. The third kappa shape index (κ3) is 3.86. The summed E-state index contributed by atoms with van der Waals surface area (Å²) < 4.78 is 19.3. The summed E-state index contributed by atoms with van der Waals surface area (Å²) in [6.45, 7) is 0.712. The molecule has 0 radical (unpaired) electrons. The molecule has 1 saturated heterocycles. The lowest BCUT2D eigenvalue weighted by Crippen LogP contribution is -2.29. The molecule has 6 nitrogen and oxygen atoms in total. The van der Waals surface area contributed by atoms with Gasteiger partial charge in [-0.3, -0.25) is 14.6 Å². The Bertz CT molecular complexity index is 1260. The minimum Gasteiger partial charge on any atom is -0.507 e. The summed E-state index contributed by atoms with van der Waals surface area (Å²) in [6.07, 6.45) is 3.27. The first-order chi connectivity index (χ1) is 16.0. The molecule has 7 heteroatoms. The summed E-state index contributed by atoms with van der Waals surface area (Å²) in [6, 6.07) is 15.2. The number of ether oxygens (including phenoxy) is 1. The van der Waals surface area contributed by atoms with Crippen LogP contribution in [0.1, 0.15) is 34.8 Å². The maximum atomic E-state index is 13.6. The molecule has 1 unspecified atom stereocenters. The number of benzene rings is 2. The minimum atomic E-state index is -0.875. The zero-order valence-corrected chi connectivity index (χ0v) is 17.7. The molecule has 33 heavy (non-hydrogen) atoms. The molecule has 2 aliphatic heterocycles. The number of aryl methyl sites for hydroxylation is 1. The number of fused-ring (bicyclic) bond motifs is 1. The zero-order chi connectivity index (χ0) is 22.9. The normalized spacial score (nSPS) is 19.3. The Hall–Kier alpha value is -4.00. The summed E-state index contributed by atoms with van der Waals surface area (Å²) >= 11 is 0. The summed E-state index contributed by atoms with van der Waals surface area (Å²) in [5.41, 5.74) is 2.46. The number of carbonyl (C=O) groups excluding carboxylic acids is 2. The van der Waals surface area contributed by atoms with Gasteiger partial charge in [0.15, 0.2) is 0 Å². The number of ketones is 1. The fourth-order valence-corrected chi connectivity index (χ4v) is 4.36. The van der Waals surface area contributed by atoms with Crippen molar-refractivity contribution in [3.05, 3.63) is 101 Å². The number of aliphatic hydroxyl groups excluding tert-OH is 1. The molecule has 0 aliphatic carbocycles. The largest absolute Gasteiger partial charge is 0.507 e. The molecule has 0 spiro atoms. The van der Waals surface area contributed by atoms with Gasteiger partial charge in [-0.25, -0.2) is 4.39 Å². The highest BCUT2D eigenvalue weighted by atomic mass is 19.1. The number of aliphatic hydroxyl groups is 1. The van der Waals surface area contributed by atoms with Crippen LogP contribution >= 0.6 is 0 Å². The molecule has 2 aromatic carbocycles. The van der Waals surface area contributed by atoms with Gasteiger partial charge in [0.1, 0.15) is 17.3 Å². The van der Waals surface area contributed by atoms with Crippen LogP contribution < -0.4 is 4.74 Å². The van der Waals surface area contributed by atoms with Crippen molar-refractivity contribution in [2.45, 2.75) is 25.4 Å². The van der Waals surface area contributed by atoms with Crippen LogP contribution in [0.25, 0.3) is 5.76 Å². The molecule has 3 aromatic rings. The molecule has 3 heterocycles. The maximum absolute atomic E-state index is 13.6. The van der Waals surface area contributed by atoms with Crippen molar-refractivity contribution in [2.75, 3.05) is 6.61 Å². The van der Waals surface area contributed by atoms with Gasteiger partial charge < -0.3 is 14.7 Å². The van der Waals surface area contributed by atoms with Crippen molar-refractivity contribution < 1.29 is 23.8 Å². The van der Waals surface area contributed by atoms with Crippen molar-refractivity contribution in [3.8, 4) is 5.75 Å². The lowest BCUT2D eigenvalue weighted by atomic mass is 9.94. The highest BCUT2D eigenvalue weighted by molar-refractivity contribution is 6.46. The summed E-state index contributed by atoms with van der Waals surface area (Å²) in [5.74, 6) is -1.47. The van der Waals surface area contributed by atoms with E-state index < -0.39 is 23.5 Å². The summed E-state index contributed by atoms with van der Waals surface area (Å²) in [7, 11) is 0. The van der Waals surface area contributed by atoms with E-state index in [0.717, 1.165) is 24.2 Å². The van der Waals surface area contributed by atoms with Crippen LogP contribution in [-0.2, 0) is 22.6 Å². The average molecular weight is 444 g/mol. The van der Waals surface area contributed by atoms with Gasteiger partial charge in [0.25, 0.3) is 11.7 Å². The third-order valence-corrected chi connectivity index (χ3v) is 5.97. The predicted octanol–water partition coefficient (Wildman–Crippen LogP) is 4.17. The Kier molecular flexibility index (Phi) is 5.38. The lowest BCUT2D eigenvalue weighted by Gasteiger charge is -2.25. The van der Waals surface area contributed by atoms with Gasteiger partial charge in [0, 0.05) is 11.8 Å². The number of carbonyl (C=O) groups is 2. The SMILES string of the molecule is O=C1C(=O)N(Cc2ccccn2)C(c2ccc(F)cc2)/C1=C(/O)c1ccc2c(c1)CCCO2. The first-order valence-electron chi connectivity index (χ1n) is 10.7. The van der Waals surface area contributed by atoms with Crippen molar-refractivity contribution >= 4 is 17.4 Å². The number of halogens is 1. The number of likely N-dealkylation sites (tertiary alicyclic amines) is 1. The second-order valence-electron chi connectivity index (χ2n) is 8.07. The van der Waals surface area contributed by atoms with E-state index in [4.69, 9.17) is 4.74 Å². The van der Waals surface area contributed by atoms with Gasteiger partial charge in [0.2, 0.25) is 0 Å². The van der Waals surface area contributed by atoms with E-state index in [1.165, 1.54) is 29.2 Å². The van der Waals surface area contributed by atoms with Gasteiger partial charge in [-0.2, -0.15) is 0 Å². The van der Waals surface area contributed by atoms with Crippen LogP contribution in [0.2, 0.25) is 0 Å². The molecule has 5 rings (SSSR count). The Morgan fingerprint density at radius 3 is 2.70 bits per heavy atom. The van der Waals surface area contributed by atoms with Crippen molar-refractivity contribution in [2.24, 2.45) is 0 Å². The molecule has 166 valence electrons. The van der Waals surface area contributed by atoms with Crippen LogP contribution in [0.15, 0.2) is 72.4 Å². The van der Waals surface area contributed by atoms with E-state index in [1.807, 2.05) is 0 Å². The first-order valence-corrected chi connectivity index (χ1v) is 10.7. The Balaban J connectivity index is 1.63. The fourth-order valence-electron chi connectivity index (χ4n) is 4.36. The monoisotopic (exact) mass is 444 g/mol. The molecule has 0 saturated carbocycles. The highest BCUT2D eigenvalue weighted by Crippen LogP contribution is 2.41. The van der Waals surface area contributed by atoms with Gasteiger partial charge in [0.05, 0.1) is 30.5 Å². The molecule has 1 atom stereocenters. The van der Waals surface area contributed by atoms with Crippen LogP contribution in [0.4, 0.5) is 4.39 Å². The van der Waals surface area contributed by atoms with Crippen molar-refractivity contribution in [3.63, 3.8) is 0 Å². The van der Waals surface area contributed by atoms with Gasteiger partial charge in [-0.1, -0.05) is 18.2 Å². The second-order valence-corrected chi connectivity index (χ2v) is 8.07. The van der Waals surface area contributed by atoms with Crippen molar-refractivity contribution in [1.82, 2.24) is 9.88 Å². The van der Waals surface area contributed by atoms with Gasteiger partial charge in [-0.05, 0) is 66.4 Å². The molecular formula is C26H21FN2O4. The van der Waals surface area contributed by atoms with E-state index in [9.17, 15) is 19.1 Å². The molecule has 0 bridgehead atoms. The van der Waals surface area contributed by atoms with E-state index in [2.05, 4.69) is 4.98 Å². The summed E-state index contributed by atoms with van der Waals surface area (Å²) in [4.78, 5) is 31.8. The predicted molar refractivity (Wildman–Crippen MR) is 119 cm³/mol. The van der Waals surface area contributed by atoms with E-state index in [0.29, 0.717) is 23.4 Å². The number of Topliss-reactive ketones (excluding diaryl/α,β-unsaturated/α-hetero) is 1. The molecule has 1 amide bonds. The number of amides is 1. The summed E-state index contributed by atoms with van der Waals surface area (Å²) in [5, 5.41) is 11.2. The number of hydrogen-bond acceptors (Lipinski definition) is 5. The van der Waals surface area contributed by atoms with Gasteiger partial charge in [-0.15, -0.1) is 0 Å². The van der Waals surface area contributed by atoms with E-state index in [-0.39, 0.29) is 17.9 Å². The lowest BCUT2D eigenvalue weighted by molar-refractivity contribution is -0.140. The number of pyridine rings is 1. The Morgan fingerprint density at radius 2 is 1.94 bits per heavy atom. The standard InChI is InChI=1S/C26H21FN2O4/c27-19-9-6-16(7-10-19)23-22(24(30)18-8-11-21-17(14-18)4-3-13-33-21)25(31)26(32)29(23)15-20-5-1-2-12-28-20/h1-2,5-12,14,23,30H,3-4,13,15H2/b24-22-. The van der Waals surface area contributed by atoms with Gasteiger partial charge >= 0.3 is 0 Å². The maximum Gasteiger partial charge on any atom is 0.296 e. The number of nitrogens with zero attached hydrogens (tertiary/aromatic N) is 2. The zero-order valence-electron chi connectivity index (χ0n) is 17.7. The first kappa shape index (κ1) is 20.9. The fraction of sp³-hybridized carbons (Fsp3) is 0.192. The molecule has 1 fully saturated rings. The topological polar surface area (TPSA) is 79.7 Å². The van der Waals surface area contributed by atoms with Crippen LogP contribution in [0, 0.1) is 5.82 Å². The Morgan fingerprint density at radius 1 is 1.12 bits per heavy atom. The molecule has 1 aromatic heterocycles. The smallest absolute Gasteiger partial charge is 0.296 e. The van der Waals surface area contributed by atoms with Crippen LogP contribution in [-0.4, -0.2) is 33.3 Å². The third-order valence-electron chi connectivity index (χ3n) is 5.97. The highest BCUT2D eigenvalue weighted by Gasteiger charge is 2.46. The number of aromatic nitrogens is 1. The van der Waals surface area contributed by atoms with E-state index in [1.54, 1.807) is 42.6 Å². The van der Waals surface area contributed by atoms with Crippen molar-refractivity contribution in [1.29, 1.82) is 0 Å². The molecule has 1 N–H and O–H groups in total. The quantitative estimate of drug-likeness (QED) is 0.371. The van der Waals surface area contributed by atoms with Crippen LogP contribution in [0.5, 0.6) is 5.75 Å². The number of rotatable bonds is 4. The van der Waals surface area contributed by atoms with E-state index >= 15 is 0 Å². The molecule has 2 aliphatic rings. The minimum absolute atomic E-state index is 0.0285. The van der Waals surface area contributed by atoms with Crippen LogP contribution in [0.3, 0.4) is 0 Å². The number of hydrogen-bond donors (Lipinski definition) is 1. The average Bonchev–Trinajstić information content (AvgIpc) is 3.09. The molecular weight excluding hydrogens is 423 g/mol.